The standard InChI is InChI=1S/C30H28F4N4O2.C24H19F4N3O3/c1-18-13-19(5-8-24(18)28(39)37-29(9-10-29)20-6-7-20)26-16-36-27-25(35-12-11-30(32,33)34)15-23(17-38(26)27)40-22-4-2-3-21(31)14-22;1-14-9-15(5-6-19(14)23(32)33)21-12-30-22-20(29-8-7-24(26,27)28)11-18(13-31(21)22)34-17-4-2-3-16(25)10-17/h2-5,8,13-17,20,35H,6-7,9-12H2,1H3,(H,37,39);2-6,9-13,29H,7-8H2,1H3,(H,32,33). The van der Waals surface area contributed by atoms with E-state index in [4.69, 9.17) is 9.47 Å². The molecule has 0 aliphatic heterocycles. The van der Waals surface area contributed by atoms with Crippen LogP contribution in [0.3, 0.4) is 0 Å². The van der Waals surface area contributed by atoms with Crippen molar-refractivity contribution in [2.45, 2.75) is 70.3 Å². The molecule has 0 bridgehead atoms. The molecule has 10 rings (SSSR count). The van der Waals surface area contributed by atoms with Crippen molar-refractivity contribution in [1.82, 2.24) is 24.1 Å². The summed E-state index contributed by atoms with van der Waals surface area (Å²) in [6, 6.07) is 24.4. The zero-order valence-electron chi connectivity index (χ0n) is 39.7. The van der Waals surface area contributed by atoms with Crippen LogP contribution < -0.4 is 25.4 Å². The highest BCUT2D eigenvalue weighted by atomic mass is 19.4. The van der Waals surface area contributed by atoms with E-state index in [1.807, 2.05) is 19.1 Å². The largest absolute Gasteiger partial charge is 0.478 e. The summed E-state index contributed by atoms with van der Waals surface area (Å²) in [5.41, 5.74) is 6.11. The molecule has 2 aliphatic carbocycles. The third-order valence-electron chi connectivity index (χ3n) is 12.7. The van der Waals surface area contributed by atoms with E-state index in [1.165, 1.54) is 67.6 Å². The third-order valence-corrected chi connectivity index (χ3v) is 12.7. The Morgan fingerprint density at radius 2 is 1.11 bits per heavy atom. The van der Waals surface area contributed by atoms with Crippen LogP contribution in [0.15, 0.2) is 122 Å². The van der Waals surface area contributed by atoms with Crippen molar-refractivity contribution in [1.29, 1.82) is 0 Å². The number of alkyl halides is 6. The van der Waals surface area contributed by atoms with Gasteiger partial charge in [-0.25, -0.2) is 23.5 Å². The Morgan fingerprint density at radius 1 is 0.649 bits per heavy atom. The first kappa shape index (κ1) is 50.8. The number of rotatable bonds is 16. The van der Waals surface area contributed by atoms with Gasteiger partial charge in [-0.05, 0) is 105 Å². The third kappa shape index (κ3) is 12.0. The lowest BCUT2D eigenvalue weighted by atomic mass is 10.0. The Labute approximate surface area is 418 Å². The summed E-state index contributed by atoms with van der Waals surface area (Å²) < 4.78 is 119. The Bertz CT molecular complexity index is 3400. The van der Waals surface area contributed by atoms with Gasteiger partial charge in [-0.2, -0.15) is 26.3 Å². The molecule has 0 spiro atoms. The Hall–Kier alpha value is -8.16. The van der Waals surface area contributed by atoms with Gasteiger partial charge < -0.3 is 30.5 Å². The summed E-state index contributed by atoms with van der Waals surface area (Å²) >= 11 is 0. The number of aromatic carboxylic acids is 1. The Balaban J connectivity index is 0.000000184. The smallest absolute Gasteiger partial charge is 0.390 e. The number of aryl methyl sites for hydroxylation is 2. The fourth-order valence-corrected chi connectivity index (χ4v) is 8.77. The van der Waals surface area contributed by atoms with Gasteiger partial charge >= 0.3 is 18.3 Å². The number of nitrogens with one attached hydrogen (secondary N) is 3. The van der Waals surface area contributed by atoms with Crippen LogP contribution in [0, 0.1) is 31.4 Å². The number of carboxylic acids is 1. The van der Waals surface area contributed by atoms with Gasteiger partial charge in [0.15, 0.2) is 11.3 Å². The normalized spacial score (nSPS) is 14.0. The molecule has 12 nitrogen and oxygen atoms in total. The van der Waals surface area contributed by atoms with Crippen LogP contribution in [0.25, 0.3) is 33.8 Å². The van der Waals surface area contributed by atoms with Gasteiger partial charge in [0.1, 0.15) is 34.6 Å². The molecule has 384 valence electrons. The molecule has 0 saturated heterocycles. The first-order valence-corrected chi connectivity index (χ1v) is 23.5. The molecule has 2 aliphatic rings. The highest BCUT2D eigenvalue weighted by molar-refractivity contribution is 5.97. The molecule has 4 aromatic carbocycles. The molecule has 4 aromatic heterocycles. The van der Waals surface area contributed by atoms with Crippen LogP contribution in [0.1, 0.15) is 70.4 Å². The summed E-state index contributed by atoms with van der Waals surface area (Å²) in [7, 11) is 0. The second-order valence-corrected chi connectivity index (χ2v) is 18.3. The lowest BCUT2D eigenvalue weighted by molar-refractivity contribution is -0.132. The number of nitrogens with zero attached hydrogens (tertiary/aromatic N) is 4. The summed E-state index contributed by atoms with van der Waals surface area (Å²) in [5, 5.41) is 18.1. The van der Waals surface area contributed by atoms with E-state index in [0.29, 0.717) is 56.7 Å². The molecule has 20 heteroatoms. The van der Waals surface area contributed by atoms with Crippen molar-refractivity contribution >= 4 is 34.5 Å². The van der Waals surface area contributed by atoms with E-state index in [1.54, 1.807) is 70.7 Å². The molecule has 8 aromatic rings. The maximum atomic E-state index is 13.7. The monoisotopic (exact) mass is 1030 g/mol. The second kappa shape index (κ2) is 20.4. The highest BCUT2D eigenvalue weighted by Crippen LogP contribution is 2.54. The minimum atomic E-state index is -4.33. The van der Waals surface area contributed by atoms with Gasteiger partial charge in [-0.3, -0.25) is 13.6 Å². The predicted molar refractivity (Wildman–Crippen MR) is 261 cm³/mol. The summed E-state index contributed by atoms with van der Waals surface area (Å²) in [5.74, 6) is -0.527. The highest BCUT2D eigenvalue weighted by Gasteiger charge is 2.54. The van der Waals surface area contributed by atoms with Gasteiger partial charge in [-0.1, -0.05) is 24.3 Å². The van der Waals surface area contributed by atoms with Crippen LogP contribution in [0.4, 0.5) is 46.5 Å². The summed E-state index contributed by atoms with van der Waals surface area (Å²) in [6.07, 6.45) is 0.0780. The molecule has 74 heavy (non-hydrogen) atoms. The Kier molecular flexibility index (Phi) is 14.0. The van der Waals surface area contributed by atoms with Crippen LogP contribution in [-0.4, -0.2) is 66.7 Å². The SMILES string of the molecule is Cc1cc(-c2cnc3c(NCCC(F)(F)F)cc(Oc4cccc(F)c4)cn23)ccc1C(=O)NC1(C2CC2)CC1.Cc1cc(-c2cnc3c(NCCC(F)(F)F)cc(Oc4cccc(F)c4)cn23)ccc1C(=O)O. The van der Waals surface area contributed by atoms with Gasteiger partial charge in [0.25, 0.3) is 5.91 Å². The van der Waals surface area contributed by atoms with Crippen molar-refractivity contribution in [3.8, 4) is 45.5 Å². The number of hydrogen-bond donors (Lipinski definition) is 4. The van der Waals surface area contributed by atoms with E-state index in [2.05, 4.69) is 25.9 Å². The summed E-state index contributed by atoms with van der Waals surface area (Å²) in [6.45, 7) is 2.81. The van der Waals surface area contributed by atoms with Crippen LogP contribution in [0.5, 0.6) is 23.0 Å². The van der Waals surface area contributed by atoms with Crippen molar-refractivity contribution < 1.29 is 59.3 Å². The number of pyridine rings is 2. The number of halogens is 8. The van der Waals surface area contributed by atoms with Gasteiger partial charge in [0.2, 0.25) is 0 Å². The van der Waals surface area contributed by atoms with Gasteiger partial charge in [0, 0.05) is 59.6 Å². The fourth-order valence-electron chi connectivity index (χ4n) is 8.77. The average molecular weight is 1030 g/mol. The lowest BCUT2D eigenvalue weighted by Crippen LogP contribution is -2.38. The van der Waals surface area contributed by atoms with Gasteiger partial charge in [-0.15, -0.1) is 0 Å². The molecule has 2 fully saturated rings. The first-order valence-electron chi connectivity index (χ1n) is 23.5. The number of imidazole rings is 2. The molecule has 4 heterocycles. The van der Waals surface area contributed by atoms with Crippen LogP contribution in [-0.2, 0) is 0 Å². The number of ether oxygens (including phenoxy) is 2. The number of amides is 1. The maximum absolute atomic E-state index is 13.7. The lowest BCUT2D eigenvalue weighted by Gasteiger charge is -2.18. The second-order valence-electron chi connectivity index (χ2n) is 18.3. The number of aromatic nitrogens is 4. The van der Waals surface area contributed by atoms with Crippen LogP contribution >= 0.6 is 0 Å². The predicted octanol–water partition coefficient (Wildman–Crippen LogP) is 13.6. The van der Waals surface area contributed by atoms with E-state index in [9.17, 15) is 49.8 Å². The zero-order chi connectivity index (χ0) is 52.5. The molecule has 2 saturated carbocycles. The first-order chi connectivity index (χ1) is 35.2. The van der Waals surface area contributed by atoms with E-state index in [-0.39, 0.29) is 53.1 Å². The topological polar surface area (TPSA) is 144 Å². The van der Waals surface area contributed by atoms with E-state index >= 15 is 0 Å². The quantitative estimate of drug-likeness (QED) is 0.0696. The van der Waals surface area contributed by atoms with Crippen molar-refractivity contribution in [2.24, 2.45) is 5.92 Å². The molecule has 0 atom stereocenters. The molecule has 4 N–H and O–H groups in total. The number of benzene rings is 4. The summed E-state index contributed by atoms with van der Waals surface area (Å²) in [4.78, 5) is 33.2. The van der Waals surface area contributed by atoms with Gasteiger partial charge in [0.05, 0.1) is 66.0 Å². The molecule has 1 amide bonds. The number of fused-ring (bicyclic) bond motifs is 2. The number of anilines is 2. The molecule has 0 unspecified atom stereocenters. The van der Waals surface area contributed by atoms with Crippen LogP contribution in [0.2, 0.25) is 0 Å². The average Bonchev–Trinajstić information content (AvgIpc) is 4.24. The number of hydrogen-bond acceptors (Lipinski definition) is 8. The zero-order valence-corrected chi connectivity index (χ0v) is 39.7. The van der Waals surface area contributed by atoms with Crippen molar-refractivity contribution in [2.75, 3.05) is 23.7 Å². The van der Waals surface area contributed by atoms with E-state index in [0.717, 1.165) is 24.0 Å². The Morgan fingerprint density at radius 3 is 1.50 bits per heavy atom. The maximum Gasteiger partial charge on any atom is 0.390 e. The minimum Gasteiger partial charge on any atom is -0.478 e. The van der Waals surface area contributed by atoms with Crippen molar-refractivity contribution in [3.63, 3.8) is 0 Å². The minimum absolute atomic E-state index is 0.0303. The van der Waals surface area contributed by atoms with E-state index < -0.39 is 42.8 Å². The molecule has 0 radical (unpaired) electrons. The van der Waals surface area contributed by atoms with Crippen molar-refractivity contribution in [3.05, 3.63) is 156 Å². The fraction of sp³-hybridized carbons (Fsp3) is 0.259. The molecular formula is C54H47F8N7O5. The number of carbonyl (C=O) groups excluding carboxylic acids is 1. The molecular weight excluding hydrogens is 979 g/mol. The number of carboxylic acid groups (broad SMARTS) is 1. The number of carbonyl (C=O) groups is 2.